The lowest BCUT2D eigenvalue weighted by atomic mass is 9.95. The average molecular weight is 597 g/mol. The van der Waals surface area contributed by atoms with Crippen molar-refractivity contribution in [1.82, 2.24) is 4.57 Å². The molecule has 3 aromatic rings. The number of carbonyl (C=O) groups excluding carboxylic acids is 2. The maximum atomic E-state index is 14.2. The highest BCUT2D eigenvalue weighted by atomic mass is 79.9. The standard InChI is InChI=1S/C28H26BrN3O5S/c1-6-31-20-11-10-17(29)13-19(20)22(25(31)33)24-26(34)32-23(16-8-7-9-18(12-16)36-5)21(27(35)37-14(2)3)15(4)30-28(32)38-24/h7-14,23H,6H2,1-5H3/b24-22-/t23-/m0/s1. The Hall–Kier alpha value is -3.50. The van der Waals surface area contributed by atoms with E-state index in [1.807, 2.05) is 31.2 Å². The molecule has 38 heavy (non-hydrogen) atoms. The second kappa shape index (κ2) is 9.99. The molecule has 0 unspecified atom stereocenters. The number of thiazole rings is 1. The SMILES string of the molecule is CCN1C(=O)/C(=c2\sc3n(c2=O)[C@@H](c2cccc(OC)c2)C(C(=O)OC(C)C)=C(C)N=3)c2cc(Br)ccc21. The van der Waals surface area contributed by atoms with Crippen LogP contribution in [0.5, 0.6) is 5.75 Å². The molecule has 1 amide bonds. The van der Waals surface area contributed by atoms with Gasteiger partial charge < -0.3 is 14.4 Å². The molecule has 2 aliphatic heterocycles. The molecule has 0 bridgehead atoms. The van der Waals surface area contributed by atoms with Crippen molar-refractivity contribution in [1.29, 1.82) is 0 Å². The summed E-state index contributed by atoms with van der Waals surface area (Å²) in [4.78, 5) is 47.8. The van der Waals surface area contributed by atoms with Gasteiger partial charge in [-0.05, 0) is 63.6 Å². The number of carbonyl (C=O) groups is 2. The lowest BCUT2D eigenvalue weighted by Gasteiger charge is -2.25. The number of anilines is 1. The number of hydrogen-bond acceptors (Lipinski definition) is 7. The third-order valence-corrected chi connectivity index (χ3v) is 8.04. The van der Waals surface area contributed by atoms with Crippen LogP contribution < -0.4 is 24.5 Å². The van der Waals surface area contributed by atoms with Gasteiger partial charge in [0.1, 0.15) is 10.3 Å². The number of aromatic nitrogens is 1. The van der Waals surface area contributed by atoms with E-state index in [4.69, 9.17) is 9.47 Å². The molecule has 2 aromatic carbocycles. The van der Waals surface area contributed by atoms with Gasteiger partial charge in [-0.2, -0.15) is 0 Å². The first kappa shape index (κ1) is 26.1. The fourth-order valence-corrected chi connectivity index (χ4v) is 6.37. The van der Waals surface area contributed by atoms with E-state index in [0.29, 0.717) is 39.5 Å². The van der Waals surface area contributed by atoms with Crippen LogP contribution in [0, 0.1) is 0 Å². The van der Waals surface area contributed by atoms with E-state index in [-0.39, 0.29) is 22.1 Å². The fourth-order valence-electron chi connectivity index (χ4n) is 4.87. The van der Waals surface area contributed by atoms with Crippen LogP contribution in [0.1, 0.15) is 44.9 Å². The summed E-state index contributed by atoms with van der Waals surface area (Å²) in [6.07, 6.45) is -0.355. The quantitative estimate of drug-likeness (QED) is 0.420. The zero-order chi connectivity index (χ0) is 27.3. The minimum Gasteiger partial charge on any atom is -0.497 e. The predicted molar refractivity (Wildman–Crippen MR) is 149 cm³/mol. The Kier molecular flexibility index (Phi) is 6.87. The summed E-state index contributed by atoms with van der Waals surface area (Å²) in [5.74, 6) is -0.198. The number of methoxy groups -OCH3 is 1. The van der Waals surface area contributed by atoms with Gasteiger partial charge in [-0.25, -0.2) is 9.79 Å². The van der Waals surface area contributed by atoms with Gasteiger partial charge in [0, 0.05) is 16.6 Å². The summed E-state index contributed by atoms with van der Waals surface area (Å²) in [6, 6.07) is 12.0. The van der Waals surface area contributed by atoms with Crippen LogP contribution in [0.4, 0.5) is 5.69 Å². The summed E-state index contributed by atoms with van der Waals surface area (Å²) in [5, 5.41) is 0. The van der Waals surface area contributed by atoms with Crippen molar-refractivity contribution in [3.05, 3.63) is 89.0 Å². The normalized spacial score (nSPS) is 17.9. The highest BCUT2D eigenvalue weighted by molar-refractivity contribution is 9.10. The lowest BCUT2D eigenvalue weighted by molar-refractivity contribution is -0.143. The van der Waals surface area contributed by atoms with Crippen molar-refractivity contribution in [3.8, 4) is 5.75 Å². The Labute approximate surface area is 231 Å². The number of benzene rings is 2. The van der Waals surface area contributed by atoms with Crippen molar-refractivity contribution in [2.75, 3.05) is 18.6 Å². The Morgan fingerprint density at radius 3 is 2.63 bits per heavy atom. The highest BCUT2D eigenvalue weighted by Gasteiger charge is 2.37. The predicted octanol–water partition coefficient (Wildman–Crippen LogP) is 3.69. The molecule has 196 valence electrons. The number of esters is 1. The monoisotopic (exact) mass is 595 g/mol. The molecule has 0 N–H and O–H groups in total. The minimum absolute atomic E-state index is 0.237. The van der Waals surface area contributed by atoms with Crippen molar-refractivity contribution in [3.63, 3.8) is 0 Å². The van der Waals surface area contributed by atoms with Crippen LogP contribution in [0.2, 0.25) is 0 Å². The van der Waals surface area contributed by atoms with E-state index in [1.54, 1.807) is 51.0 Å². The van der Waals surface area contributed by atoms with Gasteiger partial charge >= 0.3 is 5.97 Å². The Morgan fingerprint density at radius 1 is 1.18 bits per heavy atom. The smallest absolute Gasteiger partial charge is 0.338 e. The van der Waals surface area contributed by atoms with E-state index in [0.717, 1.165) is 21.5 Å². The number of ether oxygens (including phenoxy) is 2. The van der Waals surface area contributed by atoms with Crippen LogP contribution in [0.25, 0.3) is 5.57 Å². The van der Waals surface area contributed by atoms with Gasteiger partial charge in [-0.15, -0.1) is 0 Å². The minimum atomic E-state index is -0.803. The van der Waals surface area contributed by atoms with E-state index in [2.05, 4.69) is 20.9 Å². The molecular formula is C28H26BrN3O5S. The number of likely N-dealkylation sites (N-methyl/N-ethyl adjacent to an activating group) is 1. The molecular weight excluding hydrogens is 570 g/mol. The number of rotatable bonds is 5. The van der Waals surface area contributed by atoms with E-state index >= 15 is 0 Å². The first-order valence-electron chi connectivity index (χ1n) is 12.2. The van der Waals surface area contributed by atoms with Crippen LogP contribution in [0.3, 0.4) is 0 Å². The van der Waals surface area contributed by atoms with Crippen molar-refractivity contribution in [2.24, 2.45) is 4.99 Å². The first-order valence-corrected chi connectivity index (χ1v) is 13.8. The third-order valence-electron chi connectivity index (χ3n) is 6.49. The fraction of sp³-hybridized carbons (Fsp3) is 0.286. The van der Waals surface area contributed by atoms with Crippen molar-refractivity contribution < 1.29 is 19.1 Å². The van der Waals surface area contributed by atoms with Gasteiger partial charge in [0.15, 0.2) is 4.80 Å². The molecule has 1 atom stereocenters. The number of fused-ring (bicyclic) bond motifs is 2. The average Bonchev–Trinajstić information content (AvgIpc) is 3.34. The molecule has 0 aliphatic carbocycles. The highest BCUT2D eigenvalue weighted by Crippen LogP contribution is 2.37. The van der Waals surface area contributed by atoms with Crippen molar-refractivity contribution in [2.45, 2.75) is 39.8 Å². The number of nitrogens with zero attached hydrogens (tertiary/aromatic N) is 3. The van der Waals surface area contributed by atoms with Gasteiger partial charge in [0.2, 0.25) is 0 Å². The number of amides is 1. The molecule has 2 aliphatic rings. The molecule has 0 fully saturated rings. The molecule has 5 rings (SSSR count). The van der Waals surface area contributed by atoms with Crippen molar-refractivity contribution >= 4 is 50.4 Å². The lowest BCUT2D eigenvalue weighted by Crippen LogP contribution is -2.41. The topological polar surface area (TPSA) is 90.2 Å². The maximum Gasteiger partial charge on any atom is 0.338 e. The second-order valence-electron chi connectivity index (χ2n) is 9.22. The summed E-state index contributed by atoms with van der Waals surface area (Å²) >= 11 is 4.65. The van der Waals surface area contributed by atoms with Crippen LogP contribution in [0.15, 0.2) is 68.0 Å². The zero-order valence-electron chi connectivity index (χ0n) is 21.6. The Balaban J connectivity index is 1.83. The molecule has 0 spiro atoms. The first-order chi connectivity index (χ1) is 18.2. The summed E-state index contributed by atoms with van der Waals surface area (Å²) < 4.78 is 13.6. The Bertz CT molecular complexity index is 1700. The molecule has 1 aromatic heterocycles. The number of hydrogen-bond donors (Lipinski definition) is 0. The van der Waals surface area contributed by atoms with Gasteiger partial charge in [0.05, 0.1) is 41.8 Å². The Morgan fingerprint density at radius 2 is 1.95 bits per heavy atom. The summed E-state index contributed by atoms with van der Waals surface area (Å²) in [5.41, 5.74) is 2.78. The van der Waals surface area contributed by atoms with Gasteiger partial charge in [0.25, 0.3) is 11.5 Å². The molecule has 3 heterocycles. The van der Waals surface area contributed by atoms with E-state index < -0.39 is 17.6 Å². The van der Waals surface area contributed by atoms with Crippen LogP contribution in [-0.2, 0) is 14.3 Å². The van der Waals surface area contributed by atoms with Crippen LogP contribution in [-0.4, -0.2) is 36.2 Å². The molecule has 8 nitrogen and oxygen atoms in total. The second-order valence-corrected chi connectivity index (χ2v) is 11.1. The maximum absolute atomic E-state index is 14.2. The third kappa shape index (κ3) is 4.21. The molecule has 10 heteroatoms. The summed E-state index contributed by atoms with van der Waals surface area (Å²) in [6.45, 7) is 7.63. The molecule has 0 radical (unpaired) electrons. The number of halogens is 1. The molecule has 0 saturated heterocycles. The summed E-state index contributed by atoms with van der Waals surface area (Å²) in [7, 11) is 1.56. The number of allylic oxidation sites excluding steroid dienone is 1. The van der Waals surface area contributed by atoms with Gasteiger partial charge in [-0.3, -0.25) is 14.2 Å². The van der Waals surface area contributed by atoms with Crippen LogP contribution >= 0.6 is 27.3 Å². The zero-order valence-corrected chi connectivity index (χ0v) is 24.0. The molecule has 0 saturated carbocycles. The van der Waals surface area contributed by atoms with E-state index in [1.165, 1.54) is 4.57 Å². The largest absolute Gasteiger partial charge is 0.497 e. The van der Waals surface area contributed by atoms with E-state index in [9.17, 15) is 14.4 Å². The van der Waals surface area contributed by atoms with Gasteiger partial charge in [-0.1, -0.05) is 39.4 Å².